The summed E-state index contributed by atoms with van der Waals surface area (Å²) in [6.45, 7) is 8.94. The summed E-state index contributed by atoms with van der Waals surface area (Å²) in [5.74, 6) is 0. The van der Waals surface area contributed by atoms with Crippen LogP contribution in [0.4, 0.5) is 0 Å². The third kappa shape index (κ3) is 1.82. The second-order valence-electron chi connectivity index (χ2n) is 4.13. The van der Waals surface area contributed by atoms with E-state index < -0.39 is 0 Å². The Kier molecular flexibility index (Phi) is 2.85. The van der Waals surface area contributed by atoms with Crippen LogP contribution in [-0.4, -0.2) is 36.1 Å². The molecule has 1 fully saturated rings. The number of nitrogens with zero attached hydrogens (tertiary/aromatic N) is 2. The van der Waals surface area contributed by atoms with Crippen LogP contribution in [0.5, 0.6) is 0 Å². The second kappa shape index (κ2) is 3.96. The molecule has 1 aliphatic heterocycles. The first-order valence-corrected chi connectivity index (χ1v) is 5.95. The molecule has 0 aliphatic carbocycles. The molecular weight excluding hydrogens is 194 g/mol. The molecule has 1 N–H and O–H groups in total. The van der Waals surface area contributed by atoms with Crippen LogP contribution in [0.25, 0.3) is 0 Å². The molecule has 78 valence electrons. The summed E-state index contributed by atoms with van der Waals surface area (Å²) in [7, 11) is 0. The van der Waals surface area contributed by atoms with Crippen LogP contribution in [0.2, 0.25) is 0 Å². The van der Waals surface area contributed by atoms with Gasteiger partial charge in [-0.3, -0.25) is 4.90 Å². The lowest BCUT2D eigenvalue weighted by molar-refractivity contribution is 0.102. The van der Waals surface area contributed by atoms with Gasteiger partial charge in [0.25, 0.3) is 0 Å². The highest BCUT2D eigenvalue weighted by Crippen LogP contribution is 2.29. The van der Waals surface area contributed by atoms with E-state index >= 15 is 0 Å². The molecule has 1 aromatic rings. The third-order valence-corrected chi connectivity index (χ3v) is 3.95. The van der Waals surface area contributed by atoms with Gasteiger partial charge in [-0.1, -0.05) is 0 Å². The summed E-state index contributed by atoms with van der Waals surface area (Å²) in [4.78, 5) is 6.92. The Labute approximate surface area is 89.1 Å². The summed E-state index contributed by atoms with van der Waals surface area (Å²) in [5, 5.41) is 6.65. The zero-order chi connectivity index (χ0) is 10.0. The van der Waals surface area contributed by atoms with Crippen LogP contribution in [0.1, 0.15) is 18.9 Å². The normalized spacial score (nSPS) is 19.9. The number of nitrogens with one attached hydrogen (secondary N) is 1. The Bertz CT molecular complexity index is 276. The fraction of sp³-hybridized carbons (Fsp3) is 0.700. The molecule has 0 atom stereocenters. The van der Waals surface area contributed by atoms with Gasteiger partial charge in [-0.25, -0.2) is 4.98 Å². The molecular formula is C10H17N3S. The van der Waals surface area contributed by atoms with Crippen molar-refractivity contribution in [2.75, 3.05) is 26.2 Å². The van der Waals surface area contributed by atoms with Crippen LogP contribution >= 0.6 is 11.3 Å². The average molecular weight is 211 g/mol. The smallest absolute Gasteiger partial charge is 0.112 e. The van der Waals surface area contributed by atoms with E-state index in [1.165, 1.54) is 5.01 Å². The van der Waals surface area contributed by atoms with Gasteiger partial charge in [-0.05, 0) is 13.8 Å². The Morgan fingerprint density at radius 3 is 2.71 bits per heavy atom. The van der Waals surface area contributed by atoms with Crippen LogP contribution in [0.15, 0.2) is 11.6 Å². The maximum absolute atomic E-state index is 4.42. The number of thiazole rings is 1. The van der Waals surface area contributed by atoms with Gasteiger partial charge >= 0.3 is 0 Å². The van der Waals surface area contributed by atoms with Crippen molar-refractivity contribution >= 4 is 11.3 Å². The molecule has 3 nitrogen and oxygen atoms in total. The van der Waals surface area contributed by atoms with Crippen molar-refractivity contribution < 1.29 is 0 Å². The van der Waals surface area contributed by atoms with Crippen LogP contribution < -0.4 is 5.32 Å². The lowest BCUT2D eigenvalue weighted by Gasteiger charge is -2.39. The molecule has 2 rings (SSSR count). The highest BCUT2D eigenvalue weighted by Gasteiger charge is 2.31. The van der Waals surface area contributed by atoms with Gasteiger partial charge < -0.3 is 5.32 Å². The van der Waals surface area contributed by atoms with Crippen molar-refractivity contribution in [3.63, 3.8) is 0 Å². The molecule has 1 saturated heterocycles. The van der Waals surface area contributed by atoms with Crippen molar-refractivity contribution in [1.82, 2.24) is 15.2 Å². The zero-order valence-electron chi connectivity index (χ0n) is 8.79. The minimum absolute atomic E-state index is 0.0935. The van der Waals surface area contributed by atoms with E-state index in [0.29, 0.717) is 0 Å². The SMILES string of the molecule is CC(C)(c1nccs1)N1CCNCC1. The zero-order valence-corrected chi connectivity index (χ0v) is 9.60. The molecule has 0 amide bonds. The van der Waals surface area contributed by atoms with Crippen molar-refractivity contribution in [3.05, 3.63) is 16.6 Å². The molecule has 0 radical (unpaired) electrons. The van der Waals surface area contributed by atoms with E-state index in [-0.39, 0.29) is 5.54 Å². The highest BCUT2D eigenvalue weighted by atomic mass is 32.1. The summed E-state index contributed by atoms with van der Waals surface area (Å²) in [5.41, 5.74) is 0.0935. The molecule has 1 aromatic heterocycles. The van der Waals surface area contributed by atoms with Gasteiger partial charge in [0, 0.05) is 37.8 Å². The Morgan fingerprint density at radius 2 is 2.14 bits per heavy atom. The molecule has 4 heteroatoms. The van der Waals surface area contributed by atoms with E-state index in [2.05, 4.69) is 34.4 Å². The number of piperazine rings is 1. The molecule has 0 unspecified atom stereocenters. The first kappa shape index (κ1) is 10.1. The monoisotopic (exact) mass is 211 g/mol. The van der Waals surface area contributed by atoms with E-state index in [9.17, 15) is 0 Å². The van der Waals surface area contributed by atoms with Crippen molar-refractivity contribution in [3.8, 4) is 0 Å². The first-order chi connectivity index (χ1) is 6.71. The molecule has 1 aliphatic rings. The van der Waals surface area contributed by atoms with Crippen LogP contribution in [0.3, 0.4) is 0 Å². The Morgan fingerprint density at radius 1 is 1.43 bits per heavy atom. The molecule has 0 aromatic carbocycles. The van der Waals surface area contributed by atoms with E-state index in [4.69, 9.17) is 0 Å². The summed E-state index contributed by atoms with van der Waals surface area (Å²) >= 11 is 1.75. The number of hydrogen-bond donors (Lipinski definition) is 1. The van der Waals surface area contributed by atoms with Crippen LogP contribution in [0, 0.1) is 0 Å². The summed E-state index contributed by atoms with van der Waals surface area (Å²) in [6, 6.07) is 0. The second-order valence-corrected chi connectivity index (χ2v) is 5.03. The standard InChI is InChI=1S/C10H17N3S/c1-10(2,9-12-5-8-14-9)13-6-3-11-4-7-13/h5,8,11H,3-4,6-7H2,1-2H3. The summed E-state index contributed by atoms with van der Waals surface area (Å²) in [6.07, 6.45) is 1.89. The van der Waals surface area contributed by atoms with Gasteiger partial charge in [0.15, 0.2) is 0 Å². The molecule has 2 heterocycles. The predicted molar refractivity (Wildman–Crippen MR) is 59.6 cm³/mol. The largest absolute Gasteiger partial charge is 0.314 e. The number of rotatable bonds is 2. The number of aromatic nitrogens is 1. The topological polar surface area (TPSA) is 28.2 Å². The lowest BCUT2D eigenvalue weighted by atomic mass is 10.0. The van der Waals surface area contributed by atoms with Gasteiger partial charge in [-0.2, -0.15) is 0 Å². The lowest BCUT2D eigenvalue weighted by Crippen LogP contribution is -2.51. The fourth-order valence-electron chi connectivity index (χ4n) is 1.88. The number of hydrogen-bond acceptors (Lipinski definition) is 4. The van der Waals surface area contributed by atoms with Crippen molar-refractivity contribution in [1.29, 1.82) is 0 Å². The van der Waals surface area contributed by atoms with Gasteiger partial charge in [0.2, 0.25) is 0 Å². The van der Waals surface area contributed by atoms with Crippen molar-refractivity contribution in [2.45, 2.75) is 19.4 Å². The Hall–Kier alpha value is -0.450. The minimum atomic E-state index is 0.0935. The maximum atomic E-state index is 4.42. The van der Waals surface area contributed by atoms with Gasteiger partial charge in [-0.15, -0.1) is 11.3 Å². The van der Waals surface area contributed by atoms with Crippen molar-refractivity contribution in [2.24, 2.45) is 0 Å². The maximum Gasteiger partial charge on any atom is 0.112 e. The highest BCUT2D eigenvalue weighted by molar-refractivity contribution is 7.09. The Balaban J connectivity index is 2.14. The van der Waals surface area contributed by atoms with Gasteiger partial charge in [0.1, 0.15) is 5.01 Å². The van der Waals surface area contributed by atoms with E-state index in [0.717, 1.165) is 26.2 Å². The predicted octanol–water partition coefficient (Wildman–Crippen LogP) is 1.28. The van der Waals surface area contributed by atoms with E-state index in [1.807, 2.05) is 6.20 Å². The average Bonchev–Trinajstić information content (AvgIpc) is 2.72. The quantitative estimate of drug-likeness (QED) is 0.799. The van der Waals surface area contributed by atoms with Gasteiger partial charge in [0.05, 0.1) is 5.54 Å². The summed E-state index contributed by atoms with van der Waals surface area (Å²) < 4.78 is 0. The molecule has 14 heavy (non-hydrogen) atoms. The molecule has 0 saturated carbocycles. The molecule has 0 spiro atoms. The molecule has 0 bridgehead atoms. The third-order valence-electron chi connectivity index (χ3n) is 2.86. The fourth-order valence-corrected chi connectivity index (χ4v) is 2.67. The minimum Gasteiger partial charge on any atom is -0.314 e. The van der Waals surface area contributed by atoms with Crippen LogP contribution in [-0.2, 0) is 5.54 Å². The van der Waals surface area contributed by atoms with E-state index in [1.54, 1.807) is 11.3 Å². The first-order valence-electron chi connectivity index (χ1n) is 5.07.